The zero-order valence-electron chi connectivity index (χ0n) is 8.62. The van der Waals surface area contributed by atoms with E-state index in [1.165, 1.54) is 6.20 Å². The Bertz CT molecular complexity index is 311. The van der Waals surface area contributed by atoms with Gasteiger partial charge in [-0.15, -0.1) is 0 Å². The van der Waals surface area contributed by atoms with E-state index < -0.39 is 0 Å². The Balaban J connectivity index is 2.19. The van der Waals surface area contributed by atoms with Crippen LogP contribution in [0.4, 0.5) is 0 Å². The van der Waals surface area contributed by atoms with Crippen LogP contribution in [0, 0.1) is 6.92 Å². The van der Waals surface area contributed by atoms with Crippen LogP contribution in [-0.4, -0.2) is 47.3 Å². The van der Waals surface area contributed by atoms with Gasteiger partial charge in [0.15, 0.2) is 0 Å². The molecule has 3 N–H and O–H groups in total. The summed E-state index contributed by atoms with van der Waals surface area (Å²) in [7, 11) is 0. The number of imidazole rings is 1. The molecule has 6 heteroatoms. The summed E-state index contributed by atoms with van der Waals surface area (Å²) < 4.78 is 4.98. The third-order valence-electron chi connectivity index (χ3n) is 1.72. The van der Waals surface area contributed by atoms with E-state index in [0.717, 1.165) is 0 Å². The topological polar surface area (TPSA) is 87.2 Å². The minimum absolute atomic E-state index is 0.00626. The third kappa shape index (κ3) is 4.09. The molecule has 0 aliphatic heterocycles. The van der Waals surface area contributed by atoms with Crippen molar-refractivity contribution >= 4 is 5.91 Å². The van der Waals surface area contributed by atoms with Gasteiger partial charge in [0, 0.05) is 6.54 Å². The summed E-state index contributed by atoms with van der Waals surface area (Å²) in [4.78, 5) is 18.1. The Morgan fingerprint density at radius 2 is 2.47 bits per heavy atom. The standard InChI is InChI=1S/C9H15N3O3/c1-7-11-6-8(12-7)9(14)10-2-4-15-5-3-13/h6,13H,2-5H2,1H3,(H,10,14)(H,11,12). The first-order valence-corrected chi connectivity index (χ1v) is 4.72. The summed E-state index contributed by atoms with van der Waals surface area (Å²) in [5, 5.41) is 11.1. The average molecular weight is 213 g/mol. The number of hydrogen-bond acceptors (Lipinski definition) is 4. The molecule has 0 unspecified atom stereocenters. The number of hydrogen-bond donors (Lipinski definition) is 3. The molecule has 0 aliphatic carbocycles. The minimum atomic E-state index is -0.205. The maximum atomic E-state index is 11.4. The first-order chi connectivity index (χ1) is 7.24. The molecule has 0 atom stereocenters. The number of amides is 1. The van der Waals surface area contributed by atoms with Gasteiger partial charge in [0.1, 0.15) is 11.5 Å². The molecule has 1 aromatic heterocycles. The van der Waals surface area contributed by atoms with Crippen molar-refractivity contribution in [1.82, 2.24) is 15.3 Å². The maximum absolute atomic E-state index is 11.4. The van der Waals surface area contributed by atoms with Gasteiger partial charge >= 0.3 is 0 Å². The van der Waals surface area contributed by atoms with Crippen molar-refractivity contribution in [3.63, 3.8) is 0 Å². The maximum Gasteiger partial charge on any atom is 0.269 e. The van der Waals surface area contributed by atoms with E-state index in [2.05, 4.69) is 15.3 Å². The molecule has 0 aliphatic rings. The largest absolute Gasteiger partial charge is 0.394 e. The van der Waals surface area contributed by atoms with Crippen molar-refractivity contribution in [3.05, 3.63) is 17.7 Å². The number of aryl methyl sites for hydroxylation is 1. The highest BCUT2D eigenvalue weighted by Crippen LogP contribution is 1.94. The first-order valence-electron chi connectivity index (χ1n) is 4.72. The van der Waals surface area contributed by atoms with Crippen molar-refractivity contribution in [2.45, 2.75) is 6.92 Å². The minimum Gasteiger partial charge on any atom is -0.394 e. The van der Waals surface area contributed by atoms with Crippen LogP contribution in [-0.2, 0) is 4.74 Å². The zero-order valence-corrected chi connectivity index (χ0v) is 8.62. The van der Waals surface area contributed by atoms with E-state index in [4.69, 9.17) is 9.84 Å². The monoisotopic (exact) mass is 213 g/mol. The summed E-state index contributed by atoms with van der Waals surface area (Å²) in [6.45, 7) is 2.87. The quantitative estimate of drug-likeness (QED) is 0.554. The molecule has 1 heterocycles. The molecule has 0 bridgehead atoms. The highest BCUT2D eigenvalue weighted by atomic mass is 16.5. The molecule has 0 aromatic carbocycles. The van der Waals surface area contributed by atoms with Crippen LogP contribution in [0.5, 0.6) is 0 Å². The molecule has 0 saturated carbocycles. The summed E-state index contributed by atoms with van der Waals surface area (Å²) in [6, 6.07) is 0. The summed E-state index contributed by atoms with van der Waals surface area (Å²) >= 11 is 0. The van der Waals surface area contributed by atoms with Crippen LogP contribution in [0.15, 0.2) is 6.20 Å². The van der Waals surface area contributed by atoms with Gasteiger partial charge in [0.05, 0.1) is 26.0 Å². The number of nitrogens with zero attached hydrogens (tertiary/aromatic N) is 1. The molecule has 6 nitrogen and oxygen atoms in total. The molecule has 15 heavy (non-hydrogen) atoms. The normalized spacial score (nSPS) is 10.3. The van der Waals surface area contributed by atoms with Crippen LogP contribution in [0.1, 0.15) is 16.3 Å². The van der Waals surface area contributed by atoms with Gasteiger partial charge in [-0.05, 0) is 6.92 Å². The van der Waals surface area contributed by atoms with Gasteiger partial charge < -0.3 is 20.1 Å². The number of ether oxygens (including phenoxy) is 1. The van der Waals surface area contributed by atoms with E-state index in [1.54, 1.807) is 6.92 Å². The molecular formula is C9H15N3O3. The molecular weight excluding hydrogens is 198 g/mol. The lowest BCUT2D eigenvalue weighted by molar-refractivity contribution is 0.0835. The molecule has 0 fully saturated rings. The van der Waals surface area contributed by atoms with Gasteiger partial charge in [-0.25, -0.2) is 4.98 Å². The Hall–Kier alpha value is -1.40. The average Bonchev–Trinajstić information content (AvgIpc) is 2.64. The molecule has 0 radical (unpaired) electrons. The van der Waals surface area contributed by atoms with Gasteiger partial charge in [0.25, 0.3) is 5.91 Å². The number of carbonyl (C=O) groups is 1. The van der Waals surface area contributed by atoms with Gasteiger partial charge in [-0.1, -0.05) is 0 Å². The highest BCUT2D eigenvalue weighted by molar-refractivity contribution is 5.92. The van der Waals surface area contributed by atoms with E-state index >= 15 is 0 Å². The fourth-order valence-electron chi connectivity index (χ4n) is 1.03. The second kappa shape index (κ2) is 6.15. The van der Waals surface area contributed by atoms with Crippen molar-refractivity contribution in [3.8, 4) is 0 Å². The number of nitrogens with one attached hydrogen (secondary N) is 2. The van der Waals surface area contributed by atoms with Gasteiger partial charge in [0.2, 0.25) is 0 Å². The van der Waals surface area contributed by atoms with E-state index in [1.807, 2.05) is 0 Å². The number of aromatic amines is 1. The number of carbonyl (C=O) groups excluding carboxylic acids is 1. The summed E-state index contributed by atoms with van der Waals surface area (Å²) in [6.07, 6.45) is 1.49. The lowest BCUT2D eigenvalue weighted by Crippen LogP contribution is -2.27. The predicted molar refractivity (Wildman–Crippen MR) is 53.6 cm³/mol. The van der Waals surface area contributed by atoms with Gasteiger partial charge in [-0.3, -0.25) is 4.79 Å². The SMILES string of the molecule is Cc1ncc(C(=O)NCCOCCO)[nH]1. The summed E-state index contributed by atoms with van der Waals surface area (Å²) in [5.74, 6) is 0.500. The molecule has 84 valence electrons. The first kappa shape index (κ1) is 11.7. The Morgan fingerprint density at radius 3 is 3.07 bits per heavy atom. The van der Waals surface area contributed by atoms with E-state index in [-0.39, 0.29) is 12.5 Å². The molecule has 1 aromatic rings. The van der Waals surface area contributed by atoms with Crippen LogP contribution in [0.25, 0.3) is 0 Å². The fourth-order valence-corrected chi connectivity index (χ4v) is 1.03. The number of aliphatic hydroxyl groups excluding tert-OH is 1. The van der Waals surface area contributed by atoms with Crippen LogP contribution < -0.4 is 5.32 Å². The lowest BCUT2D eigenvalue weighted by atomic mass is 10.4. The van der Waals surface area contributed by atoms with Gasteiger partial charge in [-0.2, -0.15) is 0 Å². The summed E-state index contributed by atoms with van der Waals surface area (Å²) in [5.41, 5.74) is 0.439. The van der Waals surface area contributed by atoms with Crippen molar-refractivity contribution in [2.75, 3.05) is 26.4 Å². The van der Waals surface area contributed by atoms with Crippen molar-refractivity contribution in [1.29, 1.82) is 0 Å². The van der Waals surface area contributed by atoms with Crippen LogP contribution >= 0.6 is 0 Å². The third-order valence-corrected chi connectivity index (χ3v) is 1.72. The van der Waals surface area contributed by atoms with Crippen LogP contribution in [0.3, 0.4) is 0 Å². The number of aromatic nitrogens is 2. The van der Waals surface area contributed by atoms with Crippen LogP contribution in [0.2, 0.25) is 0 Å². The zero-order chi connectivity index (χ0) is 11.1. The van der Waals surface area contributed by atoms with E-state index in [9.17, 15) is 4.79 Å². The molecule has 0 saturated heterocycles. The molecule has 1 amide bonds. The van der Waals surface area contributed by atoms with Crippen molar-refractivity contribution < 1.29 is 14.6 Å². The van der Waals surface area contributed by atoms with Crippen molar-refractivity contribution in [2.24, 2.45) is 0 Å². The second-order valence-corrected chi connectivity index (χ2v) is 2.97. The van der Waals surface area contributed by atoms with E-state index in [0.29, 0.717) is 31.3 Å². The number of H-pyrrole nitrogens is 1. The number of aliphatic hydroxyl groups is 1. The number of rotatable bonds is 6. The predicted octanol–water partition coefficient (Wildman–Crippen LogP) is -0.543. The Kier molecular flexibility index (Phi) is 4.79. The smallest absolute Gasteiger partial charge is 0.269 e. The molecule has 0 spiro atoms. The lowest BCUT2D eigenvalue weighted by Gasteiger charge is -2.03. The highest BCUT2D eigenvalue weighted by Gasteiger charge is 2.06. The molecule has 1 rings (SSSR count). The second-order valence-electron chi connectivity index (χ2n) is 2.97. The Labute approximate surface area is 87.7 Å². The Morgan fingerprint density at radius 1 is 1.67 bits per heavy atom. The fraction of sp³-hybridized carbons (Fsp3) is 0.556.